The molecule has 0 saturated carbocycles. The minimum Gasteiger partial charge on any atom is -0.478 e. The summed E-state index contributed by atoms with van der Waals surface area (Å²) < 4.78 is 4.86. The van der Waals surface area contributed by atoms with Crippen molar-refractivity contribution in [2.45, 2.75) is 18.6 Å². The van der Waals surface area contributed by atoms with Gasteiger partial charge in [-0.05, 0) is 5.56 Å². The SMILES string of the molecule is N[C@H](CS)C(=O)O[C@@H](Cc1ccccc1)C(=O)O. The zero-order valence-corrected chi connectivity index (χ0v) is 10.5. The summed E-state index contributed by atoms with van der Waals surface area (Å²) in [5.41, 5.74) is 6.19. The maximum Gasteiger partial charge on any atom is 0.345 e. The van der Waals surface area contributed by atoms with Gasteiger partial charge < -0.3 is 15.6 Å². The van der Waals surface area contributed by atoms with Gasteiger partial charge in [0.2, 0.25) is 6.10 Å². The Morgan fingerprint density at radius 3 is 2.44 bits per heavy atom. The molecule has 2 atom stereocenters. The van der Waals surface area contributed by atoms with Crippen LogP contribution in [0.1, 0.15) is 5.56 Å². The summed E-state index contributed by atoms with van der Waals surface area (Å²) >= 11 is 3.86. The molecule has 98 valence electrons. The van der Waals surface area contributed by atoms with Crippen molar-refractivity contribution in [3.8, 4) is 0 Å². The highest BCUT2D eigenvalue weighted by molar-refractivity contribution is 7.80. The number of esters is 1. The van der Waals surface area contributed by atoms with E-state index in [1.54, 1.807) is 24.3 Å². The molecule has 0 fully saturated rings. The predicted octanol–water partition coefficient (Wildman–Crippen LogP) is 0.483. The van der Waals surface area contributed by atoms with Crippen molar-refractivity contribution in [1.82, 2.24) is 0 Å². The third kappa shape index (κ3) is 4.38. The molecule has 5 nitrogen and oxygen atoms in total. The molecule has 3 N–H and O–H groups in total. The number of aliphatic carboxylic acids is 1. The van der Waals surface area contributed by atoms with Crippen LogP contribution in [0.3, 0.4) is 0 Å². The Morgan fingerprint density at radius 1 is 1.33 bits per heavy atom. The van der Waals surface area contributed by atoms with E-state index in [2.05, 4.69) is 12.6 Å². The maximum atomic E-state index is 11.4. The van der Waals surface area contributed by atoms with Crippen LogP contribution in [0.5, 0.6) is 0 Å². The monoisotopic (exact) mass is 269 g/mol. The van der Waals surface area contributed by atoms with Gasteiger partial charge in [0, 0.05) is 12.2 Å². The molecule has 0 aliphatic heterocycles. The summed E-state index contributed by atoms with van der Waals surface area (Å²) in [5, 5.41) is 9.00. The minimum absolute atomic E-state index is 0.108. The van der Waals surface area contributed by atoms with Crippen molar-refractivity contribution in [1.29, 1.82) is 0 Å². The van der Waals surface area contributed by atoms with Gasteiger partial charge in [-0.25, -0.2) is 4.79 Å². The number of nitrogens with two attached hydrogens (primary N) is 1. The zero-order chi connectivity index (χ0) is 13.5. The first kappa shape index (κ1) is 14.5. The van der Waals surface area contributed by atoms with E-state index < -0.39 is 24.1 Å². The fraction of sp³-hybridized carbons (Fsp3) is 0.333. The molecule has 18 heavy (non-hydrogen) atoms. The molecule has 0 aliphatic rings. The Kier molecular flexibility index (Phi) is 5.67. The number of carbonyl (C=O) groups is 2. The van der Waals surface area contributed by atoms with Crippen molar-refractivity contribution in [2.75, 3.05) is 5.75 Å². The standard InChI is InChI=1S/C12H15NO4S/c13-9(7-18)12(16)17-10(11(14)15)6-8-4-2-1-3-5-8/h1-5,9-10,18H,6-7,13H2,(H,14,15)/t9-,10+/m1/s1. The molecule has 0 aliphatic carbocycles. The average Bonchev–Trinajstić information content (AvgIpc) is 2.37. The van der Waals surface area contributed by atoms with Crippen LogP contribution in [-0.2, 0) is 20.7 Å². The van der Waals surface area contributed by atoms with Gasteiger partial charge in [0.15, 0.2) is 0 Å². The molecule has 0 aromatic heterocycles. The number of hydrogen-bond donors (Lipinski definition) is 3. The van der Waals surface area contributed by atoms with E-state index in [9.17, 15) is 9.59 Å². The highest BCUT2D eigenvalue weighted by atomic mass is 32.1. The summed E-state index contributed by atoms with van der Waals surface area (Å²) in [6.07, 6.45) is -1.12. The molecule has 1 rings (SSSR count). The largest absolute Gasteiger partial charge is 0.478 e. The number of carboxylic acid groups (broad SMARTS) is 1. The number of rotatable bonds is 6. The third-order valence-corrected chi connectivity index (χ3v) is 2.69. The maximum absolute atomic E-state index is 11.4. The Bertz CT molecular complexity index is 410. The summed E-state index contributed by atoms with van der Waals surface area (Å²) in [4.78, 5) is 22.4. The summed E-state index contributed by atoms with van der Waals surface area (Å²) in [6.45, 7) is 0. The van der Waals surface area contributed by atoms with Crippen LogP contribution in [0.2, 0.25) is 0 Å². The molecule has 1 aromatic rings. The van der Waals surface area contributed by atoms with E-state index in [4.69, 9.17) is 15.6 Å². The lowest BCUT2D eigenvalue weighted by Crippen LogP contribution is -2.39. The van der Waals surface area contributed by atoms with E-state index in [0.29, 0.717) is 0 Å². The fourth-order valence-corrected chi connectivity index (χ4v) is 1.46. The van der Waals surface area contributed by atoms with Gasteiger partial charge in [0.25, 0.3) is 0 Å². The Morgan fingerprint density at radius 2 is 1.94 bits per heavy atom. The quantitative estimate of drug-likeness (QED) is 0.516. The van der Waals surface area contributed by atoms with Crippen molar-refractivity contribution in [3.05, 3.63) is 35.9 Å². The second kappa shape index (κ2) is 7.03. The van der Waals surface area contributed by atoms with Gasteiger partial charge in [0.05, 0.1) is 0 Å². The molecule has 0 spiro atoms. The Hall–Kier alpha value is -1.53. The molecular weight excluding hydrogens is 254 g/mol. The highest BCUT2D eigenvalue weighted by Crippen LogP contribution is 2.07. The van der Waals surface area contributed by atoms with Crippen LogP contribution in [0.25, 0.3) is 0 Å². The van der Waals surface area contributed by atoms with Gasteiger partial charge in [-0.1, -0.05) is 30.3 Å². The van der Waals surface area contributed by atoms with Crippen molar-refractivity contribution in [2.24, 2.45) is 5.73 Å². The number of carboxylic acids is 1. The van der Waals surface area contributed by atoms with Crippen LogP contribution in [0.15, 0.2) is 30.3 Å². The van der Waals surface area contributed by atoms with Crippen LogP contribution in [0, 0.1) is 0 Å². The second-order valence-electron chi connectivity index (χ2n) is 3.74. The van der Waals surface area contributed by atoms with Crippen molar-refractivity contribution >= 4 is 24.6 Å². The van der Waals surface area contributed by atoms with Gasteiger partial charge >= 0.3 is 11.9 Å². The fourth-order valence-electron chi connectivity index (χ4n) is 1.31. The van der Waals surface area contributed by atoms with Gasteiger partial charge in [-0.3, -0.25) is 4.79 Å². The highest BCUT2D eigenvalue weighted by Gasteiger charge is 2.25. The van der Waals surface area contributed by atoms with E-state index >= 15 is 0 Å². The van der Waals surface area contributed by atoms with E-state index in [1.165, 1.54) is 0 Å². The average molecular weight is 269 g/mol. The molecule has 0 heterocycles. The minimum atomic E-state index is -1.23. The molecule has 0 saturated heterocycles. The summed E-state index contributed by atoms with van der Waals surface area (Å²) in [7, 11) is 0. The topological polar surface area (TPSA) is 89.6 Å². The molecule has 6 heteroatoms. The third-order valence-electron chi connectivity index (χ3n) is 2.30. The van der Waals surface area contributed by atoms with Gasteiger partial charge in [-0.2, -0.15) is 12.6 Å². The van der Waals surface area contributed by atoms with Crippen LogP contribution < -0.4 is 5.73 Å². The molecule has 1 aromatic carbocycles. The number of hydrogen-bond acceptors (Lipinski definition) is 5. The smallest absolute Gasteiger partial charge is 0.345 e. The number of benzene rings is 1. The number of thiol groups is 1. The molecule has 0 bridgehead atoms. The van der Waals surface area contributed by atoms with Crippen LogP contribution >= 0.6 is 12.6 Å². The van der Waals surface area contributed by atoms with E-state index in [1.807, 2.05) is 6.07 Å². The van der Waals surface area contributed by atoms with E-state index in [0.717, 1.165) is 5.56 Å². The lowest BCUT2D eigenvalue weighted by atomic mass is 10.1. The molecule has 0 radical (unpaired) electrons. The summed E-state index contributed by atoms with van der Waals surface area (Å²) in [6, 6.07) is 8.02. The Balaban J connectivity index is 2.67. The lowest BCUT2D eigenvalue weighted by molar-refractivity contribution is -0.164. The van der Waals surface area contributed by atoms with Crippen molar-refractivity contribution in [3.63, 3.8) is 0 Å². The number of ether oxygens (including phenoxy) is 1. The van der Waals surface area contributed by atoms with Crippen molar-refractivity contribution < 1.29 is 19.4 Å². The first-order chi connectivity index (χ1) is 8.54. The first-order valence-electron chi connectivity index (χ1n) is 5.38. The predicted molar refractivity (Wildman–Crippen MR) is 69.5 cm³/mol. The molecule has 0 amide bonds. The second-order valence-corrected chi connectivity index (χ2v) is 4.11. The normalized spacial score (nSPS) is 13.7. The van der Waals surface area contributed by atoms with Crippen LogP contribution in [-0.4, -0.2) is 34.9 Å². The molecular formula is C12H15NO4S. The van der Waals surface area contributed by atoms with E-state index in [-0.39, 0.29) is 12.2 Å². The van der Waals surface area contributed by atoms with Gasteiger partial charge in [-0.15, -0.1) is 0 Å². The summed E-state index contributed by atoms with van der Waals surface area (Å²) in [5.74, 6) is -1.84. The van der Waals surface area contributed by atoms with Gasteiger partial charge in [0.1, 0.15) is 6.04 Å². The molecule has 0 unspecified atom stereocenters. The lowest BCUT2D eigenvalue weighted by Gasteiger charge is -2.16. The number of carbonyl (C=O) groups excluding carboxylic acids is 1. The Labute approximate surface area is 110 Å². The first-order valence-corrected chi connectivity index (χ1v) is 6.01. The zero-order valence-electron chi connectivity index (χ0n) is 9.65. The van der Waals surface area contributed by atoms with Crippen LogP contribution in [0.4, 0.5) is 0 Å².